The highest BCUT2D eigenvalue weighted by molar-refractivity contribution is 7.98. The van der Waals surface area contributed by atoms with Crippen molar-refractivity contribution >= 4 is 40.8 Å². The quantitative estimate of drug-likeness (QED) is 0.814. The van der Waals surface area contributed by atoms with E-state index in [4.69, 9.17) is 16.9 Å². The Morgan fingerprint density at radius 1 is 1.19 bits per heavy atom. The van der Waals surface area contributed by atoms with Crippen LogP contribution in [0, 0.1) is 11.3 Å². The van der Waals surface area contributed by atoms with Gasteiger partial charge in [-0.25, -0.2) is 4.79 Å². The topological polar surface area (TPSA) is 64.9 Å². The number of urea groups is 1. The number of nitrogens with one attached hydrogen (secondary N) is 2. The highest BCUT2D eigenvalue weighted by Gasteiger charge is 2.06. The zero-order valence-corrected chi connectivity index (χ0v) is 12.8. The lowest BCUT2D eigenvalue weighted by Crippen LogP contribution is -2.19. The molecule has 0 unspecified atom stereocenters. The predicted molar refractivity (Wildman–Crippen MR) is 87.0 cm³/mol. The molecule has 4 nitrogen and oxygen atoms in total. The van der Waals surface area contributed by atoms with Crippen LogP contribution >= 0.6 is 23.4 Å². The monoisotopic (exact) mass is 317 g/mol. The molecular weight excluding hydrogens is 306 g/mol. The Morgan fingerprint density at radius 3 is 2.52 bits per heavy atom. The summed E-state index contributed by atoms with van der Waals surface area (Å²) in [6.07, 6.45) is 1.97. The lowest BCUT2D eigenvalue weighted by Gasteiger charge is -2.09. The van der Waals surface area contributed by atoms with Crippen LogP contribution in [0.3, 0.4) is 0 Å². The molecule has 2 N–H and O–H groups in total. The molecule has 0 spiro atoms. The molecule has 0 aliphatic rings. The molecule has 6 heteroatoms. The van der Waals surface area contributed by atoms with Crippen molar-refractivity contribution in [3.63, 3.8) is 0 Å². The van der Waals surface area contributed by atoms with Crippen LogP contribution in [0.5, 0.6) is 0 Å². The van der Waals surface area contributed by atoms with Crippen LogP contribution in [0.4, 0.5) is 16.2 Å². The molecule has 2 aromatic carbocycles. The van der Waals surface area contributed by atoms with Crippen LogP contribution in [0.1, 0.15) is 5.56 Å². The fourth-order valence-electron chi connectivity index (χ4n) is 1.68. The lowest BCUT2D eigenvalue weighted by molar-refractivity contribution is 0.262. The second-order valence-corrected chi connectivity index (χ2v) is 5.40. The third-order valence-electron chi connectivity index (χ3n) is 2.68. The third kappa shape index (κ3) is 4.15. The maximum absolute atomic E-state index is 11.9. The van der Waals surface area contributed by atoms with Crippen LogP contribution in [0.2, 0.25) is 5.02 Å². The number of hydrogen-bond acceptors (Lipinski definition) is 3. The van der Waals surface area contributed by atoms with Gasteiger partial charge in [0, 0.05) is 16.3 Å². The number of carbonyl (C=O) groups excluding carboxylic acids is 1. The van der Waals surface area contributed by atoms with Gasteiger partial charge in [0.15, 0.2) is 0 Å². The molecule has 0 atom stereocenters. The van der Waals surface area contributed by atoms with E-state index in [1.165, 1.54) is 6.07 Å². The van der Waals surface area contributed by atoms with Crippen molar-refractivity contribution in [1.29, 1.82) is 5.26 Å². The van der Waals surface area contributed by atoms with E-state index in [0.29, 0.717) is 22.0 Å². The highest BCUT2D eigenvalue weighted by atomic mass is 35.5. The Bertz CT molecular complexity index is 712. The van der Waals surface area contributed by atoms with Gasteiger partial charge < -0.3 is 10.6 Å². The minimum Gasteiger partial charge on any atom is -0.308 e. The number of carbonyl (C=O) groups is 1. The van der Waals surface area contributed by atoms with Crippen molar-refractivity contribution in [1.82, 2.24) is 0 Å². The molecule has 2 rings (SSSR count). The normalized spacial score (nSPS) is 9.76. The van der Waals surface area contributed by atoms with Gasteiger partial charge in [-0.2, -0.15) is 5.26 Å². The highest BCUT2D eigenvalue weighted by Crippen LogP contribution is 2.21. The second kappa shape index (κ2) is 7.02. The molecule has 106 valence electrons. The van der Waals surface area contributed by atoms with Crippen molar-refractivity contribution in [3.05, 3.63) is 53.1 Å². The van der Waals surface area contributed by atoms with Gasteiger partial charge in [0.05, 0.1) is 10.6 Å². The number of nitrogens with zero attached hydrogens (tertiary/aromatic N) is 1. The smallest absolute Gasteiger partial charge is 0.308 e. The molecule has 0 saturated heterocycles. The van der Waals surface area contributed by atoms with E-state index >= 15 is 0 Å². The molecular formula is C15H12ClN3OS. The van der Waals surface area contributed by atoms with Crippen LogP contribution in [-0.4, -0.2) is 12.3 Å². The summed E-state index contributed by atoms with van der Waals surface area (Å²) in [6.45, 7) is 0. The summed E-state index contributed by atoms with van der Waals surface area (Å²) in [5.74, 6) is 0. The van der Waals surface area contributed by atoms with Crippen molar-refractivity contribution < 1.29 is 4.79 Å². The Hall–Kier alpha value is -2.16. The Morgan fingerprint density at radius 2 is 1.90 bits per heavy atom. The number of amides is 2. The van der Waals surface area contributed by atoms with Crippen molar-refractivity contribution in [2.75, 3.05) is 16.9 Å². The summed E-state index contributed by atoms with van der Waals surface area (Å²) in [6, 6.07) is 13.9. The van der Waals surface area contributed by atoms with E-state index in [1.54, 1.807) is 23.9 Å². The largest absolute Gasteiger partial charge is 0.323 e. The minimum atomic E-state index is -0.367. The molecule has 0 heterocycles. The van der Waals surface area contributed by atoms with Crippen LogP contribution in [0.25, 0.3) is 0 Å². The third-order valence-corrected chi connectivity index (χ3v) is 3.71. The molecule has 0 radical (unpaired) electrons. The first-order chi connectivity index (χ1) is 10.1. The van der Waals surface area contributed by atoms with Gasteiger partial charge in [0.1, 0.15) is 6.07 Å². The Labute approximate surface area is 132 Å². The fraction of sp³-hybridized carbons (Fsp3) is 0.0667. The summed E-state index contributed by atoms with van der Waals surface area (Å²) in [5, 5.41) is 14.5. The molecule has 0 saturated carbocycles. The van der Waals surface area contributed by atoms with E-state index in [2.05, 4.69) is 10.6 Å². The first-order valence-electron chi connectivity index (χ1n) is 6.04. The average Bonchev–Trinajstić information content (AvgIpc) is 2.47. The van der Waals surface area contributed by atoms with Crippen LogP contribution in [0.15, 0.2) is 47.4 Å². The zero-order chi connectivity index (χ0) is 15.2. The van der Waals surface area contributed by atoms with E-state index in [9.17, 15) is 4.79 Å². The molecule has 0 aliphatic carbocycles. The van der Waals surface area contributed by atoms with Gasteiger partial charge in [-0.15, -0.1) is 11.8 Å². The molecule has 0 aliphatic heterocycles. The van der Waals surface area contributed by atoms with Crippen LogP contribution in [-0.2, 0) is 0 Å². The van der Waals surface area contributed by atoms with E-state index in [-0.39, 0.29) is 6.03 Å². The van der Waals surface area contributed by atoms with Gasteiger partial charge in [-0.1, -0.05) is 17.7 Å². The summed E-state index contributed by atoms with van der Waals surface area (Å²) < 4.78 is 0. The summed E-state index contributed by atoms with van der Waals surface area (Å²) in [4.78, 5) is 13.0. The number of benzene rings is 2. The van der Waals surface area contributed by atoms with Gasteiger partial charge in [-0.3, -0.25) is 0 Å². The fourth-order valence-corrected chi connectivity index (χ4v) is 2.36. The van der Waals surface area contributed by atoms with Crippen LogP contribution < -0.4 is 10.6 Å². The first-order valence-corrected chi connectivity index (χ1v) is 7.64. The number of thioether (sulfide) groups is 1. The molecule has 0 fully saturated rings. The lowest BCUT2D eigenvalue weighted by atomic mass is 10.2. The Kier molecular flexibility index (Phi) is 5.09. The molecule has 2 aromatic rings. The average molecular weight is 318 g/mol. The number of halogens is 1. The van der Waals surface area contributed by atoms with E-state index < -0.39 is 0 Å². The number of anilines is 2. The predicted octanol–water partition coefficient (Wildman–Crippen LogP) is 4.58. The minimum absolute atomic E-state index is 0.305. The molecule has 0 bridgehead atoms. The zero-order valence-electron chi connectivity index (χ0n) is 11.2. The number of rotatable bonds is 3. The number of hydrogen-bond donors (Lipinski definition) is 2. The van der Waals surface area contributed by atoms with Crippen molar-refractivity contribution in [2.45, 2.75) is 4.90 Å². The van der Waals surface area contributed by atoms with E-state index in [1.807, 2.05) is 36.6 Å². The van der Waals surface area contributed by atoms with Gasteiger partial charge in [0.25, 0.3) is 0 Å². The summed E-state index contributed by atoms with van der Waals surface area (Å²) in [5.41, 5.74) is 1.60. The molecule has 0 aromatic heterocycles. The Balaban J connectivity index is 2.04. The van der Waals surface area contributed by atoms with E-state index in [0.717, 1.165) is 4.90 Å². The summed E-state index contributed by atoms with van der Waals surface area (Å²) in [7, 11) is 0. The van der Waals surface area contributed by atoms with Crippen molar-refractivity contribution in [3.8, 4) is 6.07 Å². The maximum atomic E-state index is 11.9. The SMILES string of the molecule is CSc1cccc(NC(=O)Nc2ccc(C#N)c(Cl)c2)c1. The molecule has 21 heavy (non-hydrogen) atoms. The van der Waals surface area contributed by atoms with Crippen molar-refractivity contribution in [2.24, 2.45) is 0 Å². The first kappa shape index (κ1) is 15.2. The van der Waals surface area contributed by atoms with Gasteiger partial charge in [0.2, 0.25) is 0 Å². The number of nitriles is 1. The second-order valence-electron chi connectivity index (χ2n) is 4.12. The standard InChI is InChI=1S/C15H12ClN3OS/c1-21-13-4-2-3-11(7-13)18-15(20)19-12-6-5-10(9-17)14(16)8-12/h2-8H,1H3,(H2,18,19,20). The molecule has 2 amide bonds. The summed E-state index contributed by atoms with van der Waals surface area (Å²) >= 11 is 7.52. The van der Waals surface area contributed by atoms with Gasteiger partial charge in [-0.05, 0) is 42.7 Å². The maximum Gasteiger partial charge on any atom is 0.323 e. The van der Waals surface area contributed by atoms with Gasteiger partial charge >= 0.3 is 6.03 Å².